The molecule has 0 aliphatic heterocycles. The van der Waals surface area contributed by atoms with Crippen LogP contribution in [0.15, 0.2) is 12.7 Å². The number of rotatable bonds is 5. The number of aliphatic hydroxyl groups excluding tert-OH is 1. The maximum absolute atomic E-state index is 10.5. The van der Waals surface area contributed by atoms with Crippen LogP contribution in [0.5, 0.6) is 0 Å². The summed E-state index contributed by atoms with van der Waals surface area (Å²) in [6.07, 6.45) is 0.503. The van der Waals surface area contributed by atoms with Crippen molar-refractivity contribution in [2.75, 3.05) is 20.3 Å². The minimum absolute atomic E-state index is 0.193. The van der Waals surface area contributed by atoms with Crippen LogP contribution in [-0.2, 0) is 9.53 Å². The highest BCUT2D eigenvalue weighted by Crippen LogP contribution is 1.80. The fraction of sp³-hybridized carbons (Fsp3) is 0.571. The van der Waals surface area contributed by atoms with Crippen molar-refractivity contribution in [3.8, 4) is 0 Å². The second kappa shape index (κ2) is 5.88. The highest BCUT2D eigenvalue weighted by Gasteiger charge is 2.02. The number of carbonyl (C=O) groups excluding carboxylic acids is 1. The molecule has 2 N–H and O–H groups in total. The van der Waals surface area contributed by atoms with Crippen molar-refractivity contribution in [3.63, 3.8) is 0 Å². The predicted molar refractivity (Wildman–Crippen MR) is 41.1 cm³/mol. The molecule has 0 saturated carbocycles. The van der Waals surface area contributed by atoms with Gasteiger partial charge in [0.2, 0.25) is 5.91 Å². The Morgan fingerprint density at radius 1 is 1.91 bits per heavy atom. The minimum Gasteiger partial charge on any atom is -0.389 e. The van der Waals surface area contributed by atoms with Gasteiger partial charge in [0.05, 0.1) is 12.7 Å². The smallest absolute Gasteiger partial charge is 0.243 e. The summed E-state index contributed by atoms with van der Waals surface area (Å²) in [5.74, 6) is -0.292. The zero-order valence-corrected chi connectivity index (χ0v) is 6.54. The van der Waals surface area contributed by atoms with E-state index in [0.717, 1.165) is 6.08 Å². The van der Waals surface area contributed by atoms with Gasteiger partial charge in [-0.2, -0.15) is 0 Å². The van der Waals surface area contributed by atoms with E-state index >= 15 is 0 Å². The van der Waals surface area contributed by atoms with Crippen molar-refractivity contribution >= 4 is 5.91 Å². The molecule has 0 aromatic rings. The Kier molecular flexibility index (Phi) is 5.42. The van der Waals surface area contributed by atoms with Crippen LogP contribution in [0.2, 0.25) is 0 Å². The summed E-state index contributed by atoms with van der Waals surface area (Å²) in [4.78, 5) is 10.5. The SMILES string of the molecule is C=CC(=O)NC[C@@H](O)COC. The molecule has 0 aliphatic carbocycles. The largest absolute Gasteiger partial charge is 0.389 e. The molecule has 0 unspecified atom stereocenters. The second-order valence-corrected chi connectivity index (χ2v) is 2.06. The maximum atomic E-state index is 10.5. The van der Waals surface area contributed by atoms with Gasteiger partial charge in [0.15, 0.2) is 0 Å². The third-order valence-corrected chi connectivity index (χ3v) is 1.06. The lowest BCUT2D eigenvalue weighted by molar-refractivity contribution is -0.117. The fourth-order valence-electron chi connectivity index (χ4n) is 0.542. The Bertz CT molecular complexity index is 136. The molecule has 0 heterocycles. The summed E-state index contributed by atoms with van der Waals surface area (Å²) in [7, 11) is 1.48. The quantitative estimate of drug-likeness (QED) is 0.521. The van der Waals surface area contributed by atoms with E-state index in [1.807, 2.05) is 0 Å². The number of hydrogen-bond acceptors (Lipinski definition) is 3. The van der Waals surface area contributed by atoms with E-state index in [-0.39, 0.29) is 19.1 Å². The van der Waals surface area contributed by atoms with E-state index < -0.39 is 6.10 Å². The number of methoxy groups -OCH3 is 1. The van der Waals surface area contributed by atoms with Crippen LogP contribution in [0, 0.1) is 0 Å². The highest BCUT2D eigenvalue weighted by atomic mass is 16.5. The van der Waals surface area contributed by atoms with Gasteiger partial charge in [-0.3, -0.25) is 4.79 Å². The van der Waals surface area contributed by atoms with Crippen LogP contribution in [0.1, 0.15) is 0 Å². The average Bonchev–Trinajstić information content (AvgIpc) is 2.01. The summed E-state index contributed by atoms with van der Waals surface area (Å²) in [5, 5.41) is 11.4. The number of aliphatic hydroxyl groups is 1. The molecule has 64 valence electrons. The van der Waals surface area contributed by atoms with Gasteiger partial charge in [-0.05, 0) is 6.08 Å². The van der Waals surface area contributed by atoms with Crippen LogP contribution < -0.4 is 5.32 Å². The Morgan fingerprint density at radius 2 is 2.55 bits per heavy atom. The van der Waals surface area contributed by atoms with Gasteiger partial charge >= 0.3 is 0 Å². The van der Waals surface area contributed by atoms with Gasteiger partial charge in [-0.25, -0.2) is 0 Å². The summed E-state index contributed by atoms with van der Waals surface area (Å²) in [6, 6.07) is 0. The van der Waals surface area contributed by atoms with Crippen molar-refractivity contribution < 1.29 is 14.6 Å². The summed E-state index contributed by atoms with van der Waals surface area (Å²) in [6.45, 7) is 3.67. The monoisotopic (exact) mass is 159 g/mol. The van der Waals surface area contributed by atoms with E-state index in [1.54, 1.807) is 0 Å². The Hall–Kier alpha value is -0.870. The molecule has 0 aliphatic rings. The number of nitrogens with one attached hydrogen (secondary N) is 1. The maximum Gasteiger partial charge on any atom is 0.243 e. The molecule has 0 rings (SSSR count). The molecule has 1 atom stereocenters. The number of hydrogen-bond donors (Lipinski definition) is 2. The van der Waals surface area contributed by atoms with Crippen LogP contribution >= 0.6 is 0 Å². The average molecular weight is 159 g/mol. The number of amides is 1. The number of carbonyl (C=O) groups is 1. The van der Waals surface area contributed by atoms with E-state index in [2.05, 4.69) is 16.6 Å². The molecule has 0 aromatic carbocycles. The van der Waals surface area contributed by atoms with E-state index in [1.165, 1.54) is 7.11 Å². The van der Waals surface area contributed by atoms with Crippen LogP contribution in [0.25, 0.3) is 0 Å². The van der Waals surface area contributed by atoms with E-state index in [0.29, 0.717) is 0 Å². The molecule has 0 bridgehead atoms. The van der Waals surface area contributed by atoms with Crippen molar-refractivity contribution in [2.24, 2.45) is 0 Å². The van der Waals surface area contributed by atoms with Crippen LogP contribution in [0.4, 0.5) is 0 Å². The molecule has 0 radical (unpaired) electrons. The highest BCUT2D eigenvalue weighted by molar-refractivity contribution is 5.86. The van der Waals surface area contributed by atoms with Gasteiger partial charge in [0.25, 0.3) is 0 Å². The van der Waals surface area contributed by atoms with Crippen molar-refractivity contribution in [1.82, 2.24) is 5.32 Å². The molecule has 0 saturated heterocycles. The molecule has 0 spiro atoms. The normalized spacial score (nSPS) is 12.2. The first kappa shape index (κ1) is 10.1. The van der Waals surface area contributed by atoms with Gasteiger partial charge in [-0.15, -0.1) is 0 Å². The molecule has 1 amide bonds. The molecule has 0 fully saturated rings. The summed E-state index contributed by atoms with van der Waals surface area (Å²) >= 11 is 0. The van der Waals surface area contributed by atoms with Gasteiger partial charge < -0.3 is 15.2 Å². The molecule has 4 heteroatoms. The predicted octanol–water partition coefficient (Wildman–Crippen LogP) is -0.704. The zero-order valence-electron chi connectivity index (χ0n) is 6.54. The zero-order chi connectivity index (χ0) is 8.69. The lowest BCUT2D eigenvalue weighted by Gasteiger charge is -2.08. The standard InChI is InChI=1S/C7H13NO3/c1-3-7(10)8-4-6(9)5-11-2/h3,6,9H,1,4-5H2,2H3,(H,8,10)/t6-/m1/s1. The topological polar surface area (TPSA) is 58.6 Å². The van der Waals surface area contributed by atoms with Crippen LogP contribution in [-0.4, -0.2) is 37.4 Å². The Morgan fingerprint density at radius 3 is 3.00 bits per heavy atom. The van der Waals surface area contributed by atoms with Crippen LogP contribution in [0.3, 0.4) is 0 Å². The first-order valence-corrected chi connectivity index (χ1v) is 3.28. The molecule has 4 nitrogen and oxygen atoms in total. The second-order valence-electron chi connectivity index (χ2n) is 2.06. The molecular formula is C7H13NO3. The first-order valence-electron chi connectivity index (χ1n) is 3.28. The van der Waals surface area contributed by atoms with Gasteiger partial charge in [0.1, 0.15) is 0 Å². The van der Waals surface area contributed by atoms with Crippen molar-refractivity contribution in [2.45, 2.75) is 6.10 Å². The van der Waals surface area contributed by atoms with Gasteiger partial charge in [0, 0.05) is 13.7 Å². The summed E-state index contributed by atoms with van der Waals surface area (Å²) in [5.41, 5.74) is 0. The van der Waals surface area contributed by atoms with Gasteiger partial charge in [-0.1, -0.05) is 6.58 Å². The Balaban J connectivity index is 3.37. The third-order valence-electron chi connectivity index (χ3n) is 1.06. The number of ether oxygens (including phenoxy) is 1. The minimum atomic E-state index is -0.649. The molecular weight excluding hydrogens is 146 g/mol. The first-order chi connectivity index (χ1) is 5.20. The fourth-order valence-corrected chi connectivity index (χ4v) is 0.542. The molecule has 0 aromatic heterocycles. The lowest BCUT2D eigenvalue weighted by atomic mass is 10.4. The third kappa shape index (κ3) is 5.57. The van der Waals surface area contributed by atoms with Crippen molar-refractivity contribution in [3.05, 3.63) is 12.7 Å². The van der Waals surface area contributed by atoms with E-state index in [9.17, 15) is 4.79 Å². The van der Waals surface area contributed by atoms with E-state index in [4.69, 9.17) is 5.11 Å². The molecule has 11 heavy (non-hydrogen) atoms. The Labute approximate surface area is 65.9 Å². The summed E-state index contributed by atoms with van der Waals surface area (Å²) < 4.78 is 4.64. The lowest BCUT2D eigenvalue weighted by Crippen LogP contribution is -2.33. The van der Waals surface area contributed by atoms with Crippen molar-refractivity contribution in [1.29, 1.82) is 0 Å².